The minimum absolute atomic E-state index is 0.0325. The minimum Gasteiger partial charge on any atom is -0.468 e. The zero-order chi connectivity index (χ0) is 18.1. The van der Waals surface area contributed by atoms with Crippen molar-refractivity contribution in [2.24, 2.45) is 11.8 Å². The first-order chi connectivity index (χ1) is 11.4. The number of nitrogens with one attached hydrogen (secondary N) is 2. The average Bonchev–Trinajstić information content (AvgIpc) is 2.58. The highest BCUT2D eigenvalue weighted by molar-refractivity contribution is 5.84. The topological polar surface area (TPSA) is 67.4 Å². The van der Waals surface area contributed by atoms with Crippen molar-refractivity contribution in [1.82, 2.24) is 10.6 Å². The molecule has 1 amide bonds. The molecule has 0 aromatic rings. The molecule has 1 fully saturated rings. The Hall–Kier alpha value is -1.10. The van der Waals surface area contributed by atoms with Crippen LogP contribution in [0.25, 0.3) is 0 Å². The molecule has 0 spiro atoms. The van der Waals surface area contributed by atoms with Crippen LogP contribution in [0.4, 0.5) is 0 Å². The zero-order valence-electron chi connectivity index (χ0n) is 16.1. The fraction of sp³-hybridized carbons (Fsp3) is 0.895. The summed E-state index contributed by atoms with van der Waals surface area (Å²) in [7, 11) is 1.40. The van der Waals surface area contributed by atoms with E-state index in [0.29, 0.717) is 0 Å². The van der Waals surface area contributed by atoms with Crippen molar-refractivity contribution in [3.63, 3.8) is 0 Å². The van der Waals surface area contributed by atoms with E-state index in [9.17, 15) is 9.59 Å². The van der Waals surface area contributed by atoms with Gasteiger partial charge in [0, 0.05) is 6.04 Å². The molecule has 1 rings (SSSR count). The molecule has 5 heteroatoms. The Bertz CT molecular complexity index is 388. The van der Waals surface area contributed by atoms with Crippen molar-refractivity contribution in [2.45, 2.75) is 90.8 Å². The van der Waals surface area contributed by atoms with Crippen LogP contribution in [-0.4, -0.2) is 37.1 Å². The number of carbonyl (C=O) groups is 2. The van der Waals surface area contributed by atoms with Crippen molar-refractivity contribution < 1.29 is 14.3 Å². The van der Waals surface area contributed by atoms with Gasteiger partial charge in [-0.2, -0.15) is 0 Å². The SMILES string of the molecule is CCC(CC)C(N[C@H](C(=O)OC)C(C)C)C(=O)NC1CCCCC1. The summed E-state index contributed by atoms with van der Waals surface area (Å²) in [4.78, 5) is 25.0. The van der Waals surface area contributed by atoms with E-state index in [1.54, 1.807) is 0 Å². The summed E-state index contributed by atoms with van der Waals surface area (Å²) in [5, 5.41) is 6.52. The lowest BCUT2D eigenvalue weighted by Gasteiger charge is -2.32. The van der Waals surface area contributed by atoms with Gasteiger partial charge < -0.3 is 10.1 Å². The molecule has 0 heterocycles. The van der Waals surface area contributed by atoms with Crippen LogP contribution in [0.5, 0.6) is 0 Å². The lowest BCUT2D eigenvalue weighted by molar-refractivity contribution is -0.145. The highest BCUT2D eigenvalue weighted by Crippen LogP contribution is 2.20. The molecule has 1 aliphatic rings. The van der Waals surface area contributed by atoms with Crippen LogP contribution in [0, 0.1) is 11.8 Å². The number of ether oxygens (including phenoxy) is 1. The summed E-state index contributed by atoms with van der Waals surface area (Å²) < 4.78 is 4.92. The maximum absolute atomic E-state index is 12.9. The third kappa shape index (κ3) is 6.08. The smallest absolute Gasteiger partial charge is 0.323 e. The van der Waals surface area contributed by atoms with Gasteiger partial charge in [0.05, 0.1) is 13.2 Å². The van der Waals surface area contributed by atoms with Crippen LogP contribution in [0.1, 0.15) is 72.6 Å². The first-order valence-electron chi connectivity index (χ1n) is 9.58. The van der Waals surface area contributed by atoms with Crippen molar-refractivity contribution in [1.29, 1.82) is 0 Å². The fourth-order valence-electron chi connectivity index (χ4n) is 3.58. The lowest BCUT2D eigenvalue weighted by atomic mass is 9.90. The normalized spacial score (nSPS) is 18.5. The van der Waals surface area contributed by atoms with E-state index in [1.165, 1.54) is 26.4 Å². The van der Waals surface area contributed by atoms with Gasteiger partial charge in [-0.05, 0) is 24.7 Å². The van der Waals surface area contributed by atoms with E-state index >= 15 is 0 Å². The third-order valence-electron chi connectivity index (χ3n) is 5.24. The maximum atomic E-state index is 12.9. The minimum atomic E-state index is -0.460. The molecule has 1 aliphatic carbocycles. The summed E-state index contributed by atoms with van der Waals surface area (Å²) in [5.74, 6) is 0.00728. The maximum Gasteiger partial charge on any atom is 0.323 e. The second kappa shape index (κ2) is 10.7. The first kappa shape index (κ1) is 20.9. The number of methoxy groups -OCH3 is 1. The molecule has 0 aliphatic heterocycles. The monoisotopic (exact) mass is 340 g/mol. The molecule has 5 nitrogen and oxygen atoms in total. The Kier molecular flexibility index (Phi) is 9.34. The van der Waals surface area contributed by atoms with Crippen LogP contribution in [-0.2, 0) is 14.3 Å². The van der Waals surface area contributed by atoms with Crippen LogP contribution in [0.15, 0.2) is 0 Å². The molecule has 1 saturated carbocycles. The van der Waals surface area contributed by atoms with E-state index in [-0.39, 0.29) is 35.8 Å². The Morgan fingerprint density at radius 2 is 1.62 bits per heavy atom. The standard InChI is InChI=1S/C19H36N2O3/c1-6-14(7-2)17(21-16(13(3)4)19(23)24-5)18(22)20-15-11-9-8-10-12-15/h13-17,21H,6-12H2,1-5H3,(H,20,22)/t16-,17?/m0/s1. The van der Waals surface area contributed by atoms with Gasteiger partial charge in [-0.1, -0.05) is 59.8 Å². The van der Waals surface area contributed by atoms with Crippen molar-refractivity contribution >= 4 is 11.9 Å². The number of rotatable bonds is 9. The van der Waals surface area contributed by atoms with E-state index in [1.807, 2.05) is 13.8 Å². The zero-order valence-corrected chi connectivity index (χ0v) is 16.1. The van der Waals surface area contributed by atoms with Crippen molar-refractivity contribution in [3.8, 4) is 0 Å². The number of carbonyl (C=O) groups excluding carboxylic acids is 2. The Labute approximate surface area is 147 Å². The highest BCUT2D eigenvalue weighted by atomic mass is 16.5. The van der Waals surface area contributed by atoms with E-state index < -0.39 is 6.04 Å². The summed E-state index contributed by atoms with van der Waals surface area (Å²) in [6.45, 7) is 8.13. The van der Waals surface area contributed by atoms with Crippen molar-refractivity contribution in [2.75, 3.05) is 7.11 Å². The summed E-state index contributed by atoms with van der Waals surface area (Å²) in [6.07, 6.45) is 7.56. The third-order valence-corrected chi connectivity index (χ3v) is 5.24. The fourth-order valence-corrected chi connectivity index (χ4v) is 3.58. The molecule has 0 radical (unpaired) electrons. The van der Waals surface area contributed by atoms with Gasteiger partial charge in [0.25, 0.3) is 0 Å². The quantitative estimate of drug-likeness (QED) is 0.633. The predicted octanol–water partition coefficient (Wildman–Crippen LogP) is 3.03. The molecule has 140 valence electrons. The molecule has 0 saturated heterocycles. The van der Waals surface area contributed by atoms with Gasteiger partial charge in [0.15, 0.2) is 0 Å². The van der Waals surface area contributed by atoms with Gasteiger partial charge >= 0.3 is 5.97 Å². The van der Waals surface area contributed by atoms with Crippen LogP contribution in [0.2, 0.25) is 0 Å². The summed E-state index contributed by atoms with van der Waals surface area (Å²) in [6, 6.07) is -0.535. The second-order valence-electron chi connectivity index (χ2n) is 7.31. The molecule has 2 N–H and O–H groups in total. The van der Waals surface area contributed by atoms with Crippen LogP contribution < -0.4 is 10.6 Å². The average molecular weight is 341 g/mol. The van der Waals surface area contributed by atoms with E-state index in [4.69, 9.17) is 4.74 Å². The predicted molar refractivity (Wildman–Crippen MR) is 96.7 cm³/mol. The Balaban J connectivity index is 2.84. The van der Waals surface area contributed by atoms with Crippen LogP contribution >= 0.6 is 0 Å². The molecule has 2 atom stereocenters. The van der Waals surface area contributed by atoms with Gasteiger partial charge in [0.2, 0.25) is 5.91 Å². The highest BCUT2D eigenvalue weighted by Gasteiger charge is 2.33. The van der Waals surface area contributed by atoms with Crippen LogP contribution in [0.3, 0.4) is 0 Å². The van der Waals surface area contributed by atoms with Gasteiger partial charge in [-0.3, -0.25) is 14.9 Å². The van der Waals surface area contributed by atoms with Gasteiger partial charge in [-0.15, -0.1) is 0 Å². The number of hydrogen-bond acceptors (Lipinski definition) is 4. The molecule has 0 aromatic heterocycles. The number of amides is 1. The van der Waals surface area contributed by atoms with Gasteiger partial charge in [-0.25, -0.2) is 0 Å². The molecular weight excluding hydrogens is 304 g/mol. The molecule has 1 unspecified atom stereocenters. The van der Waals surface area contributed by atoms with Crippen molar-refractivity contribution in [3.05, 3.63) is 0 Å². The molecule has 0 bridgehead atoms. The Morgan fingerprint density at radius 3 is 2.08 bits per heavy atom. The Morgan fingerprint density at radius 1 is 1.04 bits per heavy atom. The van der Waals surface area contributed by atoms with Gasteiger partial charge in [0.1, 0.15) is 6.04 Å². The number of hydrogen-bond donors (Lipinski definition) is 2. The second-order valence-corrected chi connectivity index (χ2v) is 7.31. The summed E-state index contributed by atoms with van der Waals surface area (Å²) >= 11 is 0. The lowest BCUT2D eigenvalue weighted by Crippen LogP contribution is -2.57. The first-order valence-corrected chi connectivity index (χ1v) is 9.58. The molecule has 24 heavy (non-hydrogen) atoms. The molecule has 0 aromatic carbocycles. The molecular formula is C19H36N2O3. The van der Waals surface area contributed by atoms with E-state index in [0.717, 1.165) is 25.7 Å². The number of esters is 1. The largest absolute Gasteiger partial charge is 0.468 e. The van der Waals surface area contributed by atoms with E-state index in [2.05, 4.69) is 24.5 Å². The summed E-state index contributed by atoms with van der Waals surface area (Å²) in [5.41, 5.74) is 0.